The number of fused-ring (bicyclic) bond motifs is 1. The van der Waals surface area contributed by atoms with Gasteiger partial charge in [-0.05, 0) is 91.6 Å². The molecule has 0 bridgehead atoms. The van der Waals surface area contributed by atoms with E-state index in [0.29, 0.717) is 5.41 Å². The van der Waals surface area contributed by atoms with Crippen LogP contribution < -0.4 is 0 Å². The molecule has 0 saturated heterocycles. The van der Waals surface area contributed by atoms with E-state index in [0.717, 1.165) is 48.5 Å². The van der Waals surface area contributed by atoms with Gasteiger partial charge >= 0.3 is 0 Å². The van der Waals surface area contributed by atoms with Crippen molar-refractivity contribution in [3.8, 4) is 0 Å². The van der Waals surface area contributed by atoms with Crippen molar-refractivity contribution >= 4 is 0 Å². The highest BCUT2D eigenvalue weighted by Gasteiger charge is 2.50. The number of hydrogen-bond donors (Lipinski definition) is 1. The minimum absolute atomic E-state index is 0.322. The Morgan fingerprint density at radius 2 is 1.86 bits per heavy atom. The summed E-state index contributed by atoms with van der Waals surface area (Å²) < 4.78 is 0. The molecule has 1 heteroatoms. The van der Waals surface area contributed by atoms with Gasteiger partial charge in [0.15, 0.2) is 0 Å². The Morgan fingerprint density at radius 1 is 1.07 bits per heavy atom. The van der Waals surface area contributed by atoms with Crippen molar-refractivity contribution in [1.29, 1.82) is 0 Å². The number of allylic oxidation sites excluding steroid dienone is 3. The van der Waals surface area contributed by atoms with Crippen molar-refractivity contribution < 1.29 is 5.11 Å². The van der Waals surface area contributed by atoms with Gasteiger partial charge in [-0.3, -0.25) is 0 Å². The van der Waals surface area contributed by atoms with E-state index in [-0.39, 0.29) is 6.10 Å². The summed E-state index contributed by atoms with van der Waals surface area (Å²) in [4.78, 5) is 0. The molecule has 0 spiro atoms. The average Bonchev–Trinajstić information content (AvgIpc) is 3.00. The van der Waals surface area contributed by atoms with Gasteiger partial charge in [0, 0.05) is 0 Å². The van der Waals surface area contributed by atoms with E-state index in [4.69, 9.17) is 0 Å². The van der Waals surface area contributed by atoms with Gasteiger partial charge < -0.3 is 5.11 Å². The first kappa shape index (κ1) is 21.9. The molecule has 3 saturated carbocycles. The molecule has 5 atom stereocenters. The zero-order valence-electron chi connectivity index (χ0n) is 19.0. The van der Waals surface area contributed by atoms with Gasteiger partial charge in [0.1, 0.15) is 0 Å². The molecule has 5 unspecified atom stereocenters. The summed E-state index contributed by atoms with van der Waals surface area (Å²) in [6, 6.07) is 0. The highest BCUT2D eigenvalue weighted by Crippen LogP contribution is 2.59. The molecule has 1 nitrogen and oxygen atoms in total. The number of hydrogen-bond acceptors (Lipinski definition) is 1. The lowest BCUT2D eigenvalue weighted by molar-refractivity contribution is 0.0929. The van der Waals surface area contributed by atoms with Crippen LogP contribution in [0.1, 0.15) is 98.3 Å². The fourth-order valence-electron chi connectivity index (χ4n) is 6.70. The topological polar surface area (TPSA) is 20.2 Å². The second-order valence-corrected chi connectivity index (χ2v) is 10.8. The molecule has 3 aliphatic rings. The summed E-state index contributed by atoms with van der Waals surface area (Å²) in [6.45, 7) is 14.0. The van der Waals surface area contributed by atoms with Crippen molar-refractivity contribution in [3.05, 3.63) is 35.5 Å². The standard InChI is InChI=1S/C27H44O/c1-19(2)9-6-10-20(3)24-16-17-25-23(12-8-18-27(24,25)5)15-14-22-11-7-13-26(28)21(22)4/h14-15,19-20,24-26,28H,4,6-13,16-18H2,1-3,5H3/b22-14-,23-15+. The molecule has 158 valence electrons. The van der Waals surface area contributed by atoms with Gasteiger partial charge in [0.25, 0.3) is 0 Å². The Kier molecular flexibility index (Phi) is 7.29. The SMILES string of the molecule is C=C1/C(=C\C=C2/CCCC3(C)C2CCC3C(C)CCCC(C)C)CCCC1O. The molecule has 0 heterocycles. The van der Waals surface area contributed by atoms with Gasteiger partial charge in [-0.2, -0.15) is 0 Å². The predicted molar refractivity (Wildman–Crippen MR) is 121 cm³/mol. The normalized spacial score (nSPS) is 37.6. The van der Waals surface area contributed by atoms with Crippen LogP contribution in [-0.2, 0) is 0 Å². The van der Waals surface area contributed by atoms with Crippen LogP contribution in [0.4, 0.5) is 0 Å². The Labute approximate surface area is 174 Å². The minimum atomic E-state index is -0.322. The second kappa shape index (κ2) is 9.33. The van der Waals surface area contributed by atoms with E-state index in [1.165, 1.54) is 56.9 Å². The first-order valence-electron chi connectivity index (χ1n) is 12.1. The van der Waals surface area contributed by atoms with E-state index in [9.17, 15) is 5.11 Å². The van der Waals surface area contributed by atoms with Crippen LogP contribution in [0.3, 0.4) is 0 Å². The molecule has 28 heavy (non-hydrogen) atoms. The minimum Gasteiger partial charge on any atom is -0.388 e. The van der Waals surface area contributed by atoms with E-state index in [1.54, 1.807) is 5.57 Å². The second-order valence-electron chi connectivity index (χ2n) is 10.8. The maximum absolute atomic E-state index is 10.1. The monoisotopic (exact) mass is 384 g/mol. The van der Waals surface area contributed by atoms with Crippen LogP contribution in [0.15, 0.2) is 35.5 Å². The molecular formula is C27H44O. The Bertz CT molecular complexity index is 610. The maximum Gasteiger partial charge on any atom is 0.0787 e. The van der Waals surface area contributed by atoms with E-state index < -0.39 is 0 Å². The van der Waals surface area contributed by atoms with Crippen molar-refractivity contribution in [2.45, 2.75) is 104 Å². The largest absolute Gasteiger partial charge is 0.388 e. The fraction of sp³-hybridized carbons (Fsp3) is 0.778. The van der Waals surface area contributed by atoms with Crippen molar-refractivity contribution in [2.24, 2.45) is 29.1 Å². The van der Waals surface area contributed by atoms with Gasteiger partial charge in [-0.1, -0.05) is 71.3 Å². The van der Waals surface area contributed by atoms with Crippen molar-refractivity contribution in [2.75, 3.05) is 0 Å². The highest BCUT2D eigenvalue weighted by molar-refractivity contribution is 5.37. The van der Waals surface area contributed by atoms with Crippen LogP contribution in [0.5, 0.6) is 0 Å². The van der Waals surface area contributed by atoms with Crippen LogP contribution in [0, 0.1) is 29.1 Å². The lowest BCUT2D eigenvalue weighted by Gasteiger charge is -2.44. The summed E-state index contributed by atoms with van der Waals surface area (Å²) in [5, 5.41) is 10.1. The van der Waals surface area contributed by atoms with Crippen LogP contribution in [0.2, 0.25) is 0 Å². The number of aliphatic hydroxyl groups excluding tert-OH is 1. The van der Waals surface area contributed by atoms with Crippen LogP contribution >= 0.6 is 0 Å². The molecule has 3 fully saturated rings. The van der Waals surface area contributed by atoms with Gasteiger partial charge in [-0.15, -0.1) is 0 Å². The molecule has 0 aliphatic heterocycles. The first-order chi connectivity index (χ1) is 13.3. The third kappa shape index (κ3) is 4.66. The third-order valence-electron chi connectivity index (χ3n) is 8.40. The Hall–Kier alpha value is -0.820. The molecule has 3 aliphatic carbocycles. The molecule has 0 aromatic rings. The average molecular weight is 385 g/mol. The first-order valence-corrected chi connectivity index (χ1v) is 12.1. The predicted octanol–water partition coefficient (Wildman–Crippen LogP) is 7.62. The van der Waals surface area contributed by atoms with Gasteiger partial charge in [-0.25, -0.2) is 0 Å². The molecule has 0 amide bonds. The Balaban J connectivity index is 1.70. The van der Waals surface area contributed by atoms with Gasteiger partial charge in [0.2, 0.25) is 0 Å². The molecule has 1 N–H and O–H groups in total. The molecule has 0 aromatic carbocycles. The maximum atomic E-state index is 10.1. The Morgan fingerprint density at radius 3 is 2.61 bits per heavy atom. The summed E-state index contributed by atoms with van der Waals surface area (Å²) >= 11 is 0. The zero-order chi connectivity index (χ0) is 20.3. The third-order valence-corrected chi connectivity index (χ3v) is 8.40. The molecule has 0 aromatic heterocycles. The van der Waals surface area contributed by atoms with E-state index in [1.807, 2.05) is 0 Å². The molecule has 0 radical (unpaired) electrons. The van der Waals surface area contributed by atoms with Crippen LogP contribution in [0.25, 0.3) is 0 Å². The van der Waals surface area contributed by atoms with E-state index >= 15 is 0 Å². The summed E-state index contributed by atoms with van der Waals surface area (Å²) in [5.74, 6) is 3.37. The summed E-state index contributed by atoms with van der Waals surface area (Å²) in [7, 11) is 0. The van der Waals surface area contributed by atoms with Crippen molar-refractivity contribution in [3.63, 3.8) is 0 Å². The zero-order valence-corrected chi connectivity index (χ0v) is 19.0. The molecule has 3 rings (SSSR count). The summed E-state index contributed by atoms with van der Waals surface area (Å²) in [6.07, 6.45) is 18.5. The summed E-state index contributed by atoms with van der Waals surface area (Å²) in [5.41, 5.74) is 4.44. The lowest BCUT2D eigenvalue weighted by Crippen LogP contribution is -2.36. The lowest BCUT2D eigenvalue weighted by atomic mass is 9.60. The van der Waals surface area contributed by atoms with Gasteiger partial charge in [0.05, 0.1) is 6.10 Å². The molecular weight excluding hydrogens is 340 g/mol. The smallest absolute Gasteiger partial charge is 0.0787 e. The quantitative estimate of drug-likeness (QED) is 0.499. The van der Waals surface area contributed by atoms with Crippen LogP contribution in [-0.4, -0.2) is 11.2 Å². The fourth-order valence-corrected chi connectivity index (χ4v) is 6.70. The van der Waals surface area contributed by atoms with E-state index in [2.05, 4.69) is 46.4 Å². The van der Waals surface area contributed by atoms with Crippen molar-refractivity contribution in [1.82, 2.24) is 0 Å². The number of aliphatic hydroxyl groups is 1. The number of rotatable bonds is 6. The highest BCUT2D eigenvalue weighted by atomic mass is 16.3.